The second kappa shape index (κ2) is 5.72. The van der Waals surface area contributed by atoms with Crippen LogP contribution in [0.2, 0.25) is 0 Å². The number of nitrogens with zero attached hydrogens (tertiary/aromatic N) is 1. The summed E-state index contributed by atoms with van der Waals surface area (Å²) in [6, 6.07) is 9.21. The van der Waals surface area contributed by atoms with Gasteiger partial charge in [-0.25, -0.2) is 0 Å². The Bertz CT molecular complexity index is 694. The summed E-state index contributed by atoms with van der Waals surface area (Å²) < 4.78 is 5.27. The lowest BCUT2D eigenvalue weighted by atomic mass is 9.82. The van der Waals surface area contributed by atoms with E-state index in [4.69, 9.17) is 10.3 Å². The second-order valence-corrected chi connectivity index (χ2v) is 7.33. The number of aromatic nitrogens is 1. The molecule has 122 valence electrons. The van der Waals surface area contributed by atoms with Gasteiger partial charge in [-0.2, -0.15) is 0 Å². The topological polar surface area (TPSA) is 81.2 Å². The van der Waals surface area contributed by atoms with E-state index in [2.05, 4.69) is 31.2 Å². The molecular weight excluding hydrogens is 290 g/mol. The number of nitrogens with one attached hydrogen (secondary N) is 1. The average Bonchev–Trinajstić information content (AvgIpc) is 3.22. The molecule has 1 fully saturated rings. The van der Waals surface area contributed by atoms with Gasteiger partial charge in [0.25, 0.3) is 5.91 Å². The average molecular weight is 313 g/mol. The normalized spacial score (nSPS) is 16.1. The molecule has 1 heterocycles. The van der Waals surface area contributed by atoms with Crippen molar-refractivity contribution in [3.8, 4) is 0 Å². The molecule has 0 saturated heterocycles. The number of amides is 1. The first-order valence-electron chi connectivity index (χ1n) is 7.97. The fourth-order valence-corrected chi connectivity index (χ4v) is 2.65. The maximum absolute atomic E-state index is 12.5. The number of benzene rings is 1. The van der Waals surface area contributed by atoms with Gasteiger partial charge in [-0.15, -0.1) is 0 Å². The molecule has 1 saturated carbocycles. The van der Waals surface area contributed by atoms with Crippen LogP contribution in [0.15, 0.2) is 34.9 Å². The first-order chi connectivity index (χ1) is 10.8. The summed E-state index contributed by atoms with van der Waals surface area (Å²) in [5.41, 5.74) is 7.68. The van der Waals surface area contributed by atoms with Gasteiger partial charge in [0.15, 0.2) is 5.69 Å². The van der Waals surface area contributed by atoms with Crippen LogP contribution in [-0.4, -0.2) is 11.1 Å². The molecule has 5 nitrogen and oxygen atoms in total. The number of carbonyl (C=O) groups is 1. The molecule has 2 aromatic rings. The molecule has 1 aromatic carbocycles. The fraction of sp³-hybridized carbons (Fsp3) is 0.444. The van der Waals surface area contributed by atoms with Crippen molar-refractivity contribution >= 4 is 11.6 Å². The van der Waals surface area contributed by atoms with Crippen LogP contribution >= 0.6 is 0 Å². The SMILES string of the molecule is CC(C)(C)C(NC(=O)c1cc(C2CC2)on1)c1ccc(N)cc1. The number of nitrogen functional groups attached to an aromatic ring is 1. The Morgan fingerprint density at radius 2 is 1.96 bits per heavy atom. The number of anilines is 1. The third-order valence-electron chi connectivity index (χ3n) is 4.15. The quantitative estimate of drug-likeness (QED) is 0.844. The first kappa shape index (κ1) is 15.6. The molecule has 0 radical (unpaired) electrons. The standard InChI is InChI=1S/C18H23N3O2/c1-18(2,3)16(12-6-8-13(19)9-7-12)20-17(22)14-10-15(23-21-14)11-4-5-11/h6-11,16H,4-5,19H2,1-3H3,(H,20,22). The fourth-order valence-electron chi connectivity index (χ4n) is 2.65. The Labute approximate surface area is 136 Å². The lowest BCUT2D eigenvalue weighted by Crippen LogP contribution is -2.36. The molecule has 1 amide bonds. The van der Waals surface area contributed by atoms with Crippen molar-refractivity contribution in [1.29, 1.82) is 0 Å². The first-order valence-corrected chi connectivity index (χ1v) is 7.97. The van der Waals surface area contributed by atoms with Gasteiger partial charge in [-0.05, 0) is 36.0 Å². The third kappa shape index (κ3) is 3.55. The third-order valence-corrected chi connectivity index (χ3v) is 4.15. The van der Waals surface area contributed by atoms with E-state index in [-0.39, 0.29) is 17.4 Å². The zero-order chi connectivity index (χ0) is 16.6. The highest BCUT2D eigenvalue weighted by Gasteiger charge is 2.31. The van der Waals surface area contributed by atoms with Crippen LogP contribution in [0, 0.1) is 5.41 Å². The predicted molar refractivity (Wildman–Crippen MR) is 89.0 cm³/mol. The summed E-state index contributed by atoms with van der Waals surface area (Å²) in [7, 11) is 0. The van der Waals surface area contributed by atoms with E-state index in [0.717, 1.165) is 24.2 Å². The maximum Gasteiger partial charge on any atom is 0.273 e. The molecular formula is C18H23N3O2. The van der Waals surface area contributed by atoms with E-state index >= 15 is 0 Å². The predicted octanol–water partition coefficient (Wildman–Crippen LogP) is 3.65. The Hall–Kier alpha value is -2.30. The van der Waals surface area contributed by atoms with Crippen LogP contribution in [0.1, 0.15) is 67.4 Å². The highest BCUT2D eigenvalue weighted by molar-refractivity contribution is 5.92. The smallest absolute Gasteiger partial charge is 0.273 e. The minimum Gasteiger partial charge on any atom is -0.399 e. The summed E-state index contributed by atoms with van der Waals surface area (Å²) in [5, 5.41) is 6.99. The van der Waals surface area contributed by atoms with Crippen molar-refractivity contribution in [1.82, 2.24) is 10.5 Å². The van der Waals surface area contributed by atoms with Crippen molar-refractivity contribution in [3.63, 3.8) is 0 Å². The summed E-state index contributed by atoms with van der Waals surface area (Å²) in [4.78, 5) is 12.5. The summed E-state index contributed by atoms with van der Waals surface area (Å²) in [6.45, 7) is 6.27. The number of rotatable bonds is 4. The Kier molecular flexibility index (Phi) is 3.88. The van der Waals surface area contributed by atoms with Crippen LogP contribution in [-0.2, 0) is 0 Å². The molecule has 1 aliphatic carbocycles. The summed E-state index contributed by atoms with van der Waals surface area (Å²) in [5.74, 6) is 1.05. The van der Waals surface area contributed by atoms with Crippen molar-refractivity contribution < 1.29 is 9.32 Å². The number of carbonyl (C=O) groups excluding carboxylic acids is 1. The summed E-state index contributed by atoms with van der Waals surface area (Å²) in [6.07, 6.45) is 2.23. The van der Waals surface area contributed by atoms with Gasteiger partial charge in [0, 0.05) is 17.7 Å². The van der Waals surface area contributed by atoms with E-state index < -0.39 is 0 Å². The van der Waals surface area contributed by atoms with Crippen molar-refractivity contribution in [3.05, 3.63) is 47.3 Å². The minimum absolute atomic E-state index is 0.142. The van der Waals surface area contributed by atoms with Crippen LogP contribution in [0.5, 0.6) is 0 Å². The summed E-state index contributed by atoms with van der Waals surface area (Å²) >= 11 is 0. The van der Waals surface area contributed by atoms with E-state index in [1.54, 1.807) is 6.07 Å². The molecule has 5 heteroatoms. The second-order valence-electron chi connectivity index (χ2n) is 7.33. The largest absolute Gasteiger partial charge is 0.399 e. The van der Waals surface area contributed by atoms with Crippen LogP contribution in [0.3, 0.4) is 0 Å². The van der Waals surface area contributed by atoms with Crippen LogP contribution in [0.25, 0.3) is 0 Å². The lowest BCUT2D eigenvalue weighted by Gasteiger charge is -2.31. The van der Waals surface area contributed by atoms with Crippen LogP contribution < -0.4 is 11.1 Å². The molecule has 23 heavy (non-hydrogen) atoms. The molecule has 1 atom stereocenters. The molecule has 0 bridgehead atoms. The van der Waals surface area contributed by atoms with Gasteiger partial charge in [0.2, 0.25) is 0 Å². The Morgan fingerprint density at radius 3 is 2.52 bits per heavy atom. The highest BCUT2D eigenvalue weighted by Crippen LogP contribution is 2.40. The van der Waals surface area contributed by atoms with Gasteiger partial charge in [0.1, 0.15) is 5.76 Å². The van der Waals surface area contributed by atoms with Gasteiger partial charge >= 0.3 is 0 Å². The molecule has 1 unspecified atom stereocenters. The number of nitrogens with two attached hydrogens (primary N) is 1. The van der Waals surface area contributed by atoms with Gasteiger partial charge in [-0.1, -0.05) is 38.1 Å². The lowest BCUT2D eigenvalue weighted by molar-refractivity contribution is 0.0892. The van der Waals surface area contributed by atoms with Gasteiger partial charge in [0.05, 0.1) is 6.04 Å². The maximum atomic E-state index is 12.5. The highest BCUT2D eigenvalue weighted by atomic mass is 16.5. The van der Waals surface area contributed by atoms with Crippen molar-refractivity contribution in [2.24, 2.45) is 5.41 Å². The van der Waals surface area contributed by atoms with E-state index in [1.807, 2.05) is 24.3 Å². The Morgan fingerprint density at radius 1 is 1.30 bits per heavy atom. The van der Waals surface area contributed by atoms with Gasteiger partial charge in [-0.3, -0.25) is 4.79 Å². The number of hydrogen-bond donors (Lipinski definition) is 2. The number of hydrogen-bond acceptors (Lipinski definition) is 4. The van der Waals surface area contributed by atoms with Crippen molar-refractivity contribution in [2.45, 2.75) is 45.6 Å². The molecule has 3 rings (SSSR count). The van der Waals surface area contributed by atoms with Crippen molar-refractivity contribution in [2.75, 3.05) is 5.73 Å². The molecule has 3 N–H and O–H groups in total. The zero-order valence-corrected chi connectivity index (χ0v) is 13.8. The van der Waals surface area contributed by atoms with E-state index in [0.29, 0.717) is 17.3 Å². The zero-order valence-electron chi connectivity index (χ0n) is 13.8. The Balaban J connectivity index is 1.79. The molecule has 0 aliphatic heterocycles. The van der Waals surface area contributed by atoms with Crippen LogP contribution in [0.4, 0.5) is 5.69 Å². The molecule has 1 aliphatic rings. The van der Waals surface area contributed by atoms with E-state index in [1.165, 1.54) is 0 Å². The van der Waals surface area contributed by atoms with Gasteiger partial charge < -0.3 is 15.6 Å². The molecule has 1 aromatic heterocycles. The van der Waals surface area contributed by atoms with E-state index in [9.17, 15) is 4.79 Å². The minimum atomic E-state index is -0.211. The molecule has 0 spiro atoms. The monoisotopic (exact) mass is 313 g/mol.